The fraction of sp³-hybridized carbons (Fsp3) is 0.414. The summed E-state index contributed by atoms with van der Waals surface area (Å²) in [5, 5.41) is 21.0. The number of hydrogen-bond donors (Lipinski definition) is 5. The number of nitrogens with zero attached hydrogens (tertiary/aromatic N) is 1. The molecule has 2 aliphatic rings. The molecule has 0 radical (unpaired) electrons. The average Bonchev–Trinajstić information content (AvgIpc) is 3.28. The van der Waals surface area contributed by atoms with Crippen molar-refractivity contribution in [1.29, 1.82) is 0 Å². The number of carboxylic acid groups (broad SMARTS) is 1. The van der Waals surface area contributed by atoms with E-state index in [4.69, 9.17) is 4.74 Å². The molecule has 1 saturated carbocycles. The molecule has 2 aliphatic carbocycles. The van der Waals surface area contributed by atoms with E-state index < -0.39 is 30.6 Å². The minimum atomic E-state index is -1.15. The molecular formula is C29H35N5O6. The monoisotopic (exact) mass is 549 g/mol. The van der Waals surface area contributed by atoms with E-state index in [0.717, 1.165) is 54.2 Å². The third-order valence-electron chi connectivity index (χ3n) is 7.48. The highest BCUT2D eigenvalue weighted by Crippen LogP contribution is 2.44. The van der Waals surface area contributed by atoms with Crippen molar-refractivity contribution in [2.45, 2.75) is 44.1 Å². The van der Waals surface area contributed by atoms with E-state index in [1.807, 2.05) is 48.5 Å². The van der Waals surface area contributed by atoms with Crippen molar-refractivity contribution in [1.82, 2.24) is 21.4 Å². The first-order chi connectivity index (χ1) is 19.4. The number of rotatable bonds is 10. The van der Waals surface area contributed by atoms with Gasteiger partial charge in [-0.1, -0.05) is 48.5 Å². The smallest absolute Gasteiger partial charge is 0.407 e. The number of amides is 4. The molecule has 40 heavy (non-hydrogen) atoms. The van der Waals surface area contributed by atoms with Crippen molar-refractivity contribution in [3.63, 3.8) is 0 Å². The second kappa shape index (κ2) is 13.6. The van der Waals surface area contributed by atoms with E-state index in [-0.39, 0.29) is 30.3 Å². The second-order valence-electron chi connectivity index (χ2n) is 10.1. The molecule has 0 aromatic heterocycles. The lowest BCUT2D eigenvalue weighted by atomic mass is 9.81. The van der Waals surface area contributed by atoms with Gasteiger partial charge in [-0.05, 0) is 53.9 Å². The molecule has 2 aromatic rings. The largest absolute Gasteiger partial charge is 0.481 e. The van der Waals surface area contributed by atoms with E-state index in [2.05, 4.69) is 26.5 Å². The second-order valence-corrected chi connectivity index (χ2v) is 10.1. The van der Waals surface area contributed by atoms with E-state index >= 15 is 0 Å². The molecule has 4 rings (SSSR count). The number of benzene rings is 2. The van der Waals surface area contributed by atoms with Gasteiger partial charge < -0.3 is 25.8 Å². The summed E-state index contributed by atoms with van der Waals surface area (Å²) in [6, 6.07) is 14.4. The van der Waals surface area contributed by atoms with Crippen molar-refractivity contribution < 1.29 is 29.0 Å². The Hall–Kier alpha value is -4.41. The average molecular weight is 550 g/mol. The summed E-state index contributed by atoms with van der Waals surface area (Å²) in [6.07, 6.45) is 3.18. The van der Waals surface area contributed by atoms with Crippen LogP contribution in [0.25, 0.3) is 11.1 Å². The summed E-state index contributed by atoms with van der Waals surface area (Å²) in [6.45, 7) is 0.529. The summed E-state index contributed by atoms with van der Waals surface area (Å²) < 4.78 is 5.48. The summed E-state index contributed by atoms with van der Waals surface area (Å²) in [4.78, 5) is 47.8. The van der Waals surface area contributed by atoms with Gasteiger partial charge in [0.15, 0.2) is 0 Å². The minimum absolute atomic E-state index is 0.0230. The Bertz CT molecular complexity index is 1210. The first-order valence-corrected chi connectivity index (χ1v) is 13.5. The van der Waals surface area contributed by atoms with Crippen molar-refractivity contribution in [3.05, 3.63) is 59.7 Å². The lowest BCUT2D eigenvalue weighted by molar-refractivity contribution is -0.137. The molecule has 0 bridgehead atoms. The number of ether oxygens (including phenoxy) is 1. The molecule has 5 N–H and O–H groups in total. The lowest BCUT2D eigenvalue weighted by Gasteiger charge is -2.27. The van der Waals surface area contributed by atoms with Crippen molar-refractivity contribution in [3.8, 4) is 11.1 Å². The maximum atomic E-state index is 12.6. The maximum absolute atomic E-state index is 12.6. The van der Waals surface area contributed by atoms with Crippen molar-refractivity contribution in [2.75, 3.05) is 20.2 Å². The van der Waals surface area contributed by atoms with Crippen LogP contribution in [-0.4, -0.2) is 61.6 Å². The molecule has 0 unspecified atom stereocenters. The zero-order valence-electron chi connectivity index (χ0n) is 22.4. The van der Waals surface area contributed by atoms with Gasteiger partial charge in [-0.2, -0.15) is 5.10 Å². The SMILES string of the molecule is CNC(=O)C1CCC(CNC(=O)N/N=C/[C@H](CC(=O)O)NC(=O)OCC2c3ccccc3-c3ccccc32)CC1. The quantitative estimate of drug-likeness (QED) is 0.226. The number of fused-ring (bicyclic) bond motifs is 3. The van der Waals surface area contributed by atoms with Crippen LogP contribution in [0.3, 0.4) is 0 Å². The number of hydrazone groups is 1. The number of carbonyl (C=O) groups excluding carboxylic acids is 3. The highest BCUT2D eigenvalue weighted by Gasteiger charge is 2.29. The van der Waals surface area contributed by atoms with Gasteiger partial charge in [0.25, 0.3) is 0 Å². The standard InChI is InChI=1S/C29H35N5O6/c1-30-27(37)19-12-10-18(11-13-19)15-31-28(38)34-32-16-20(14-26(35)36)33-29(39)40-17-25-23-8-4-2-6-21(23)22-7-3-5-9-24(22)25/h2-9,16,18-20,25H,10-15,17H2,1H3,(H,30,37)(H,33,39)(H,35,36)(H2,31,34,38)/b32-16+/t18?,19?,20-/m0/s1. The van der Waals surface area contributed by atoms with Crippen LogP contribution >= 0.6 is 0 Å². The Morgan fingerprint density at radius 3 is 2.23 bits per heavy atom. The molecule has 0 spiro atoms. The Balaban J connectivity index is 1.23. The van der Waals surface area contributed by atoms with Gasteiger partial charge >= 0.3 is 18.1 Å². The van der Waals surface area contributed by atoms with Crippen molar-refractivity contribution >= 4 is 30.2 Å². The fourth-order valence-corrected chi connectivity index (χ4v) is 5.42. The topological polar surface area (TPSA) is 158 Å². The molecule has 4 amide bonds. The van der Waals surface area contributed by atoms with Crippen LogP contribution < -0.4 is 21.4 Å². The Labute approximate surface area is 232 Å². The van der Waals surface area contributed by atoms with Gasteiger partial charge in [0.1, 0.15) is 6.61 Å². The third-order valence-corrected chi connectivity index (χ3v) is 7.48. The van der Waals surface area contributed by atoms with Crippen molar-refractivity contribution in [2.24, 2.45) is 16.9 Å². The Kier molecular flexibility index (Phi) is 9.71. The van der Waals surface area contributed by atoms with Gasteiger partial charge in [-0.25, -0.2) is 15.0 Å². The molecule has 11 heteroatoms. The highest BCUT2D eigenvalue weighted by molar-refractivity contribution is 5.82. The fourth-order valence-electron chi connectivity index (χ4n) is 5.42. The molecule has 1 atom stereocenters. The summed E-state index contributed by atoms with van der Waals surface area (Å²) in [5.41, 5.74) is 6.64. The number of nitrogens with one attached hydrogen (secondary N) is 4. The van der Waals surface area contributed by atoms with Gasteiger partial charge in [0, 0.05) is 31.6 Å². The summed E-state index contributed by atoms with van der Waals surface area (Å²) >= 11 is 0. The molecule has 212 valence electrons. The van der Waals surface area contributed by atoms with Gasteiger partial charge in [-0.15, -0.1) is 0 Å². The summed E-state index contributed by atoms with van der Waals surface area (Å²) in [5.74, 6) is -0.928. The molecule has 0 aliphatic heterocycles. The van der Waals surface area contributed by atoms with Crippen LogP contribution in [-0.2, 0) is 14.3 Å². The number of hydrogen-bond acceptors (Lipinski definition) is 6. The molecule has 11 nitrogen and oxygen atoms in total. The molecule has 0 heterocycles. The zero-order chi connectivity index (χ0) is 28.5. The molecule has 2 aromatic carbocycles. The van der Waals surface area contributed by atoms with Gasteiger partial charge in [-0.3, -0.25) is 9.59 Å². The minimum Gasteiger partial charge on any atom is -0.481 e. The Morgan fingerprint density at radius 2 is 1.62 bits per heavy atom. The van der Waals surface area contributed by atoms with E-state index in [0.29, 0.717) is 6.54 Å². The maximum Gasteiger partial charge on any atom is 0.407 e. The highest BCUT2D eigenvalue weighted by atomic mass is 16.5. The number of alkyl carbamates (subject to hydrolysis) is 1. The van der Waals surface area contributed by atoms with Crippen LogP contribution in [0.5, 0.6) is 0 Å². The third kappa shape index (κ3) is 7.37. The van der Waals surface area contributed by atoms with E-state index in [1.54, 1.807) is 7.05 Å². The van der Waals surface area contributed by atoms with E-state index in [1.165, 1.54) is 0 Å². The number of carbonyl (C=O) groups is 4. The van der Waals surface area contributed by atoms with Gasteiger partial charge in [0.2, 0.25) is 5.91 Å². The van der Waals surface area contributed by atoms with E-state index in [9.17, 15) is 24.3 Å². The lowest BCUT2D eigenvalue weighted by Crippen LogP contribution is -2.40. The predicted molar refractivity (Wildman–Crippen MR) is 149 cm³/mol. The molecule has 0 saturated heterocycles. The normalized spacial score (nSPS) is 18.7. The van der Waals surface area contributed by atoms with Crippen LogP contribution in [0, 0.1) is 11.8 Å². The van der Waals surface area contributed by atoms with Crippen LogP contribution in [0.15, 0.2) is 53.6 Å². The van der Waals surface area contributed by atoms with Crippen LogP contribution in [0.2, 0.25) is 0 Å². The van der Waals surface area contributed by atoms with Gasteiger partial charge in [0.05, 0.1) is 12.5 Å². The first-order valence-electron chi connectivity index (χ1n) is 13.5. The number of carboxylic acids is 1. The number of urea groups is 1. The molecule has 1 fully saturated rings. The van der Waals surface area contributed by atoms with Crippen LogP contribution in [0.1, 0.15) is 49.1 Å². The molecular weight excluding hydrogens is 514 g/mol. The van der Waals surface area contributed by atoms with Crippen LogP contribution in [0.4, 0.5) is 9.59 Å². The first kappa shape index (κ1) is 28.6. The zero-order valence-corrected chi connectivity index (χ0v) is 22.4. The Morgan fingerprint density at radius 1 is 1.00 bits per heavy atom. The number of aliphatic carboxylic acids is 1. The predicted octanol–water partition coefficient (Wildman–Crippen LogP) is 3.21. The summed E-state index contributed by atoms with van der Waals surface area (Å²) in [7, 11) is 1.63.